The van der Waals surface area contributed by atoms with Crippen LogP contribution in [0.25, 0.3) is 10.6 Å². The van der Waals surface area contributed by atoms with Gasteiger partial charge in [0.1, 0.15) is 11.1 Å². The summed E-state index contributed by atoms with van der Waals surface area (Å²) in [7, 11) is 0. The van der Waals surface area contributed by atoms with Gasteiger partial charge in [-0.15, -0.1) is 11.3 Å². The van der Waals surface area contributed by atoms with Crippen molar-refractivity contribution in [3.05, 3.63) is 34.7 Å². The molecule has 0 aromatic carbocycles. The minimum atomic E-state index is -4.74. The number of rotatable bonds is 4. The lowest BCUT2D eigenvalue weighted by Crippen LogP contribution is -2.24. The fourth-order valence-corrected chi connectivity index (χ4v) is 3.04. The predicted octanol–water partition coefficient (Wildman–Crippen LogP) is 2.54. The Morgan fingerprint density at radius 3 is 2.73 bits per heavy atom. The van der Waals surface area contributed by atoms with Gasteiger partial charge < -0.3 is 9.90 Å². The lowest BCUT2D eigenvalue weighted by molar-refractivity contribution is -0.301. The van der Waals surface area contributed by atoms with E-state index in [4.69, 9.17) is 5.26 Å². The number of nitriles is 1. The first-order valence-electron chi connectivity index (χ1n) is 5.71. The third-order valence-corrected chi connectivity index (χ3v) is 4.35. The average molecular weight is 343 g/mol. The Hall–Kier alpha value is -2.05. The zero-order chi connectivity index (χ0) is 16.3. The zero-order valence-electron chi connectivity index (χ0n) is 10.7. The van der Waals surface area contributed by atoms with Crippen molar-refractivity contribution in [3.63, 3.8) is 0 Å². The van der Waals surface area contributed by atoms with Crippen LogP contribution in [0.1, 0.15) is 11.1 Å². The predicted molar refractivity (Wildman–Crippen MR) is 73.0 cm³/mol. The third kappa shape index (κ3) is 3.58. The molecule has 2 rings (SSSR count). The SMILES string of the molecule is N#Cc1c(C(F)(F)F)cc(-c2cccs2)nc1SCC(=O)[O-]. The van der Waals surface area contributed by atoms with Gasteiger partial charge in [-0.1, -0.05) is 17.8 Å². The Labute approximate surface area is 131 Å². The molecule has 2 heterocycles. The molecule has 4 nitrogen and oxygen atoms in total. The highest BCUT2D eigenvalue weighted by Crippen LogP contribution is 2.38. The second kappa shape index (κ2) is 6.37. The van der Waals surface area contributed by atoms with E-state index in [0.29, 0.717) is 16.6 Å². The molecule has 9 heteroatoms. The van der Waals surface area contributed by atoms with E-state index in [1.54, 1.807) is 17.5 Å². The van der Waals surface area contributed by atoms with Gasteiger partial charge in [0.05, 0.1) is 27.7 Å². The number of hydrogen-bond acceptors (Lipinski definition) is 6. The van der Waals surface area contributed by atoms with Gasteiger partial charge in [-0.05, 0) is 17.5 Å². The first-order valence-corrected chi connectivity index (χ1v) is 7.58. The van der Waals surface area contributed by atoms with Crippen LogP contribution in [0.2, 0.25) is 0 Å². The second-order valence-corrected chi connectivity index (χ2v) is 5.89. The second-order valence-electron chi connectivity index (χ2n) is 3.98. The van der Waals surface area contributed by atoms with Crippen molar-refractivity contribution in [1.29, 1.82) is 5.26 Å². The summed E-state index contributed by atoms with van der Waals surface area (Å²) in [6.45, 7) is 0. The Bertz CT molecular complexity index is 737. The third-order valence-electron chi connectivity index (χ3n) is 2.50. The van der Waals surface area contributed by atoms with Crippen LogP contribution in [-0.4, -0.2) is 16.7 Å². The molecule has 0 aliphatic carbocycles. The highest BCUT2D eigenvalue weighted by molar-refractivity contribution is 7.99. The number of halogens is 3. The monoisotopic (exact) mass is 343 g/mol. The highest BCUT2D eigenvalue weighted by atomic mass is 32.2. The van der Waals surface area contributed by atoms with Crippen molar-refractivity contribution < 1.29 is 23.1 Å². The van der Waals surface area contributed by atoms with Gasteiger partial charge in [0, 0.05) is 5.75 Å². The van der Waals surface area contributed by atoms with Crippen LogP contribution >= 0.6 is 23.1 Å². The van der Waals surface area contributed by atoms with Gasteiger partial charge in [-0.25, -0.2) is 4.98 Å². The molecule has 0 bridgehead atoms. The number of thioether (sulfide) groups is 1. The van der Waals surface area contributed by atoms with Gasteiger partial charge in [0.15, 0.2) is 0 Å². The van der Waals surface area contributed by atoms with E-state index in [1.807, 2.05) is 0 Å². The normalized spacial score (nSPS) is 11.2. The first kappa shape index (κ1) is 16.3. The number of aliphatic carboxylic acids is 1. The molecule has 2 aromatic heterocycles. The number of carbonyl (C=O) groups excluding carboxylic acids is 1. The van der Waals surface area contributed by atoms with Gasteiger partial charge in [0.25, 0.3) is 0 Å². The molecule has 0 saturated heterocycles. The van der Waals surface area contributed by atoms with E-state index in [0.717, 1.165) is 6.07 Å². The maximum absolute atomic E-state index is 13.1. The maximum Gasteiger partial charge on any atom is 0.417 e. The van der Waals surface area contributed by atoms with Crippen molar-refractivity contribution in [1.82, 2.24) is 4.98 Å². The quantitative estimate of drug-likeness (QED) is 0.798. The summed E-state index contributed by atoms with van der Waals surface area (Å²) in [5, 5.41) is 20.9. The summed E-state index contributed by atoms with van der Waals surface area (Å²) < 4.78 is 39.4. The molecule has 0 aliphatic rings. The van der Waals surface area contributed by atoms with E-state index in [-0.39, 0.29) is 10.7 Å². The highest BCUT2D eigenvalue weighted by Gasteiger charge is 2.36. The standard InChI is InChI=1S/C13H7F3N2O2S2/c14-13(15,16)8-4-9(10-2-1-3-21-10)18-12(7(8)5-17)22-6-11(19)20/h1-4H,6H2,(H,19,20)/p-1. The fourth-order valence-electron chi connectivity index (χ4n) is 1.64. The number of nitrogens with zero attached hydrogens (tertiary/aromatic N) is 2. The molecule has 114 valence electrons. The molecular weight excluding hydrogens is 337 g/mol. The van der Waals surface area contributed by atoms with Crippen LogP contribution in [0.3, 0.4) is 0 Å². The van der Waals surface area contributed by atoms with Crippen LogP contribution in [0.5, 0.6) is 0 Å². The van der Waals surface area contributed by atoms with E-state index < -0.39 is 29.0 Å². The van der Waals surface area contributed by atoms with Crippen molar-refractivity contribution in [2.24, 2.45) is 0 Å². The summed E-state index contributed by atoms with van der Waals surface area (Å²) in [5.41, 5.74) is -1.77. The number of thiophene rings is 1. The summed E-state index contributed by atoms with van der Waals surface area (Å²) in [6, 6.07) is 5.50. The minimum absolute atomic E-state index is 0.0437. The minimum Gasteiger partial charge on any atom is -0.549 e. The molecule has 0 fully saturated rings. The van der Waals surface area contributed by atoms with E-state index >= 15 is 0 Å². The van der Waals surface area contributed by atoms with Gasteiger partial charge in [0.2, 0.25) is 0 Å². The number of alkyl halides is 3. The van der Waals surface area contributed by atoms with E-state index in [2.05, 4.69) is 4.98 Å². The van der Waals surface area contributed by atoms with Crippen molar-refractivity contribution >= 4 is 29.1 Å². The van der Waals surface area contributed by atoms with Crippen molar-refractivity contribution in [2.75, 3.05) is 5.75 Å². The molecule has 0 aliphatic heterocycles. The fraction of sp³-hybridized carbons (Fsp3) is 0.154. The summed E-state index contributed by atoms with van der Waals surface area (Å²) in [6.07, 6.45) is -4.74. The number of aromatic nitrogens is 1. The number of carboxylic acids is 1. The van der Waals surface area contributed by atoms with Gasteiger partial charge >= 0.3 is 6.18 Å². The molecular formula is C13H6F3N2O2S2-. The molecule has 0 unspecified atom stereocenters. The lowest BCUT2D eigenvalue weighted by Gasteiger charge is -2.13. The summed E-state index contributed by atoms with van der Waals surface area (Å²) in [5.74, 6) is -2.04. The smallest absolute Gasteiger partial charge is 0.417 e. The number of carbonyl (C=O) groups is 1. The first-order chi connectivity index (χ1) is 10.3. The van der Waals surface area contributed by atoms with Gasteiger partial charge in [-0.3, -0.25) is 0 Å². The Morgan fingerprint density at radius 2 is 2.23 bits per heavy atom. The van der Waals surface area contributed by atoms with Crippen LogP contribution in [-0.2, 0) is 11.0 Å². The molecule has 0 N–H and O–H groups in total. The largest absolute Gasteiger partial charge is 0.549 e. The van der Waals surface area contributed by atoms with Crippen LogP contribution in [0, 0.1) is 11.3 Å². The Balaban J connectivity index is 2.62. The Morgan fingerprint density at radius 1 is 1.50 bits per heavy atom. The van der Waals surface area contributed by atoms with E-state index in [1.165, 1.54) is 17.4 Å². The molecule has 0 spiro atoms. The lowest BCUT2D eigenvalue weighted by atomic mass is 10.1. The number of carboxylic acid groups (broad SMARTS) is 1. The molecule has 2 aromatic rings. The topological polar surface area (TPSA) is 76.8 Å². The number of hydrogen-bond donors (Lipinski definition) is 0. The van der Waals surface area contributed by atoms with Gasteiger partial charge in [-0.2, -0.15) is 18.4 Å². The van der Waals surface area contributed by atoms with Crippen LogP contribution < -0.4 is 5.11 Å². The molecule has 0 atom stereocenters. The Kier molecular flexibility index (Phi) is 4.73. The summed E-state index contributed by atoms with van der Waals surface area (Å²) in [4.78, 5) is 15.0. The van der Waals surface area contributed by atoms with Crippen molar-refractivity contribution in [2.45, 2.75) is 11.2 Å². The average Bonchev–Trinajstić information content (AvgIpc) is 2.97. The van der Waals surface area contributed by atoms with Crippen LogP contribution in [0.15, 0.2) is 28.6 Å². The van der Waals surface area contributed by atoms with Crippen LogP contribution in [0.4, 0.5) is 13.2 Å². The molecule has 0 saturated carbocycles. The van der Waals surface area contributed by atoms with Crippen molar-refractivity contribution in [3.8, 4) is 16.6 Å². The maximum atomic E-state index is 13.1. The molecule has 0 radical (unpaired) electrons. The molecule has 0 amide bonds. The molecule has 22 heavy (non-hydrogen) atoms. The van der Waals surface area contributed by atoms with E-state index in [9.17, 15) is 23.1 Å². The zero-order valence-corrected chi connectivity index (χ0v) is 12.3. The number of pyridine rings is 1. The summed E-state index contributed by atoms with van der Waals surface area (Å²) >= 11 is 1.72.